The molecule has 0 saturated carbocycles. The molecule has 1 aromatic rings. The number of ether oxygens (including phenoxy) is 1. The summed E-state index contributed by atoms with van der Waals surface area (Å²) >= 11 is 1.83. The van der Waals surface area contributed by atoms with Crippen LogP contribution in [0.25, 0.3) is 0 Å². The van der Waals surface area contributed by atoms with E-state index < -0.39 is 0 Å². The average Bonchev–Trinajstić information content (AvgIpc) is 2.68. The van der Waals surface area contributed by atoms with Gasteiger partial charge >= 0.3 is 0 Å². The minimum Gasteiger partial charge on any atom is -0.375 e. The number of rotatable bonds is 3. The van der Waals surface area contributed by atoms with Crippen molar-refractivity contribution in [3.8, 4) is 0 Å². The highest BCUT2D eigenvalue weighted by Crippen LogP contribution is 2.26. The zero-order valence-corrected chi connectivity index (χ0v) is 11.1. The van der Waals surface area contributed by atoms with E-state index in [-0.39, 0.29) is 5.60 Å². The summed E-state index contributed by atoms with van der Waals surface area (Å²) in [6.07, 6.45) is 2.22. The van der Waals surface area contributed by atoms with Crippen LogP contribution in [0.15, 0.2) is 17.5 Å². The van der Waals surface area contributed by atoms with Gasteiger partial charge in [0, 0.05) is 23.6 Å². The summed E-state index contributed by atoms with van der Waals surface area (Å²) in [5.74, 6) is 0. The van der Waals surface area contributed by atoms with Gasteiger partial charge in [-0.2, -0.15) is 0 Å². The molecule has 1 aliphatic rings. The zero-order valence-electron chi connectivity index (χ0n) is 10.3. The highest BCUT2D eigenvalue weighted by Gasteiger charge is 2.29. The molecule has 2 nitrogen and oxygen atoms in total. The smallest absolute Gasteiger partial charge is 0.0641 e. The van der Waals surface area contributed by atoms with Crippen LogP contribution in [0.5, 0.6) is 0 Å². The highest BCUT2D eigenvalue weighted by molar-refractivity contribution is 7.10. The predicted octanol–water partition coefficient (Wildman–Crippen LogP) is 3.36. The van der Waals surface area contributed by atoms with Gasteiger partial charge in [0.25, 0.3) is 0 Å². The molecule has 16 heavy (non-hydrogen) atoms. The fourth-order valence-electron chi connectivity index (χ4n) is 2.35. The molecule has 1 unspecified atom stereocenters. The molecule has 0 aromatic carbocycles. The standard InChI is InChI=1S/C13H21NOS/c1-10(12-5-4-8-16-12)14-11-6-7-15-13(2,3)9-11/h4-5,8,10-11,14H,6-7,9H2,1-3H3/t10-,11?/m0/s1. The Balaban J connectivity index is 1.90. The number of hydrogen-bond acceptors (Lipinski definition) is 3. The summed E-state index contributed by atoms with van der Waals surface area (Å²) in [6.45, 7) is 7.48. The fourth-order valence-corrected chi connectivity index (χ4v) is 3.09. The van der Waals surface area contributed by atoms with Crippen LogP contribution in [0.3, 0.4) is 0 Å². The van der Waals surface area contributed by atoms with E-state index in [9.17, 15) is 0 Å². The van der Waals surface area contributed by atoms with Crippen molar-refractivity contribution in [1.29, 1.82) is 0 Å². The average molecular weight is 239 g/mol. The summed E-state index contributed by atoms with van der Waals surface area (Å²) in [5.41, 5.74) is 0.0328. The second kappa shape index (κ2) is 4.86. The molecular formula is C13H21NOS. The lowest BCUT2D eigenvalue weighted by molar-refractivity contribution is -0.0639. The topological polar surface area (TPSA) is 21.3 Å². The largest absolute Gasteiger partial charge is 0.375 e. The van der Waals surface area contributed by atoms with Gasteiger partial charge in [-0.3, -0.25) is 0 Å². The maximum absolute atomic E-state index is 5.73. The fraction of sp³-hybridized carbons (Fsp3) is 0.692. The predicted molar refractivity (Wildman–Crippen MR) is 68.9 cm³/mol. The van der Waals surface area contributed by atoms with Crippen molar-refractivity contribution in [2.75, 3.05) is 6.61 Å². The molecule has 1 fully saturated rings. The third-order valence-corrected chi connectivity index (χ3v) is 4.21. The summed E-state index contributed by atoms with van der Waals surface area (Å²) in [4.78, 5) is 1.42. The van der Waals surface area contributed by atoms with Crippen molar-refractivity contribution in [2.24, 2.45) is 0 Å². The van der Waals surface area contributed by atoms with E-state index in [1.165, 1.54) is 4.88 Å². The molecule has 1 N–H and O–H groups in total. The van der Waals surface area contributed by atoms with Gasteiger partial charge in [-0.05, 0) is 45.1 Å². The summed E-state index contributed by atoms with van der Waals surface area (Å²) < 4.78 is 5.73. The van der Waals surface area contributed by atoms with Gasteiger partial charge in [0.1, 0.15) is 0 Å². The summed E-state index contributed by atoms with van der Waals surface area (Å²) in [6, 6.07) is 5.36. The van der Waals surface area contributed by atoms with Gasteiger partial charge in [0.15, 0.2) is 0 Å². The first-order valence-corrected chi connectivity index (χ1v) is 6.88. The summed E-state index contributed by atoms with van der Waals surface area (Å²) in [7, 11) is 0. The Morgan fingerprint density at radius 2 is 2.38 bits per heavy atom. The maximum atomic E-state index is 5.73. The second-order valence-electron chi connectivity index (χ2n) is 5.20. The number of hydrogen-bond donors (Lipinski definition) is 1. The molecule has 0 aliphatic carbocycles. The molecule has 90 valence electrons. The van der Waals surface area contributed by atoms with Gasteiger partial charge < -0.3 is 10.1 Å². The lowest BCUT2D eigenvalue weighted by Crippen LogP contribution is -2.44. The first-order chi connectivity index (χ1) is 7.57. The Morgan fingerprint density at radius 3 is 3.00 bits per heavy atom. The molecule has 1 aliphatic heterocycles. The quantitative estimate of drug-likeness (QED) is 0.873. The van der Waals surface area contributed by atoms with Crippen molar-refractivity contribution >= 4 is 11.3 Å². The summed E-state index contributed by atoms with van der Waals surface area (Å²) in [5, 5.41) is 5.85. The Morgan fingerprint density at radius 1 is 1.56 bits per heavy atom. The number of nitrogens with one attached hydrogen (secondary N) is 1. The molecule has 2 heterocycles. The molecule has 0 amide bonds. The Labute approximate surface area is 102 Å². The van der Waals surface area contributed by atoms with Crippen LogP contribution >= 0.6 is 11.3 Å². The Kier molecular flexibility index (Phi) is 3.67. The van der Waals surface area contributed by atoms with E-state index in [1.807, 2.05) is 11.3 Å². The van der Waals surface area contributed by atoms with Crippen molar-refractivity contribution in [3.05, 3.63) is 22.4 Å². The lowest BCUT2D eigenvalue weighted by atomic mass is 9.93. The molecule has 1 saturated heterocycles. The van der Waals surface area contributed by atoms with Crippen LogP contribution in [0, 0.1) is 0 Å². The van der Waals surface area contributed by atoms with Crippen molar-refractivity contribution in [3.63, 3.8) is 0 Å². The minimum absolute atomic E-state index is 0.0328. The van der Waals surface area contributed by atoms with Gasteiger partial charge in [-0.25, -0.2) is 0 Å². The van der Waals surface area contributed by atoms with E-state index in [4.69, 9.17) is 4.74 Å². The molecule has 1 aromatic heterocycles. The van der Waals surface area contributed by atoms with Gasteiger partial charge in [0.2, 0.25) is 0 Å². The van der Waals surface area contributed by atoms with E-state index in [0.29, 0.717) is 12.1 Å². The third-order valence-electron chi connectivity index (χ3n) is 3.15. The van der Waals surface area contributed by atoms with Crippen LogP contribution in [0.2, 0.25) is 0 Å². The number of thiophene rings is 1. The molecular weight excluding hydrogens is 218 g/mol. The van der Waals surface area contributed by atoms with Crippen LogP contribution in [-0.2, 0) is 4.74 Å². The van der Waals surface area contributed by atoms with Crippen molar-refractivity contribution in [2.45, 2.75) is 51.3 Å². The van der Waals surface area contributed by atoms with Crippen LogP contribution in [0.1, 0.15) is 44.5 Å². The van der Waals surface area contributed by atoms with Gasteiger partial charge in [0.05, 0.1) is 5.60 Å². The highest BCUT2D eigenvalue weighted by atomic mass is 32.1. The van der Waals surface area contributed by atoms with Crippen molar-refractivity contribution in [1.82, 2.24) is 5.32 Å². The van der Waals surface area contributed by atoms with Crippen LogP contribution in [0.4, 0.5) is 0 Å². The first kappa shape index (κ1) is 12.1. The molecule has 0 bridgehead atoms. The monoisotopic (exact) mass is 239 g/mol. The van der Waals surface area contributed by atoms with E-state index in [1.54, 1.807) is 0 Å². The minimum atomic E-state index is 0.0328. The Hall–Kier alpha value is -0.380. The molecule has 2 rings (SSSR count). The second-order valence-corrected chi connectivity index (χ2v) is 6.18. The third kappa shape index (κ3) is 3.06. The molecule has 0 spiro atoms. The van der Waals surface area contributed by atoms with Crippen LogP contribution in [-0.4, -0.2) is 18.2 Å². The molecule has 3 heteroatoms. The SMILES string of the molecule is C[C@H](NC1CCOC(C)(C)C1)c1cccs1. The Bertz CT molecular complexity index is 321. The van der Waals surface area contributed by atoms with Crippen LogP contribution < -0.4 is 5.32 Å². The zero-order chi connectivity index (χ0) is 11.6. The van der Waals surface area contributed by atoms with E-state index in [0.717, 1.165) is 19.4 Å². The van der Waals surface area contributed by atoms with E-state index in [2.05, 4.69) is 43.6 Å². The lowest BCUT2D eigenvalue weighted by Gasteiger charge is -2.37. The normalized spacial score (nSPS) is 26.6. The van der Waals surface area contributed by atoms with Gasteiger partial charge in [-0.15, -0.1) is 11.3 Å². The maximum Gasteiger partial charge on any atom is 0.0641 e. The van der Waals surface area contributed by atoms with Gasteiger partial charge in [-0.1, -0.05) is 6.07 Å². The van der Waals surface area contributed by atoms with Crippen molar-refractivity contribution < 1.29 is 4.74 Å². The molecule has 0 radical (unpaired) electrons. The molecule has 2 atom stereocenters. The first-order valence-electron chi connectivity index (χ1n) is 6.00. The van der Waals surface area contributed by atoms with E-state index >= 15 is 0 Å².